The third-order valence-corrected chi connectivity index (χ3v) is 4.91. The van der Waals surface area contributed by atoms with Crippen molar-refractivity contribution in [1.29, 1.82) is 0 Å². The predicted octanol–water partition coefficient (Wildman–Crippen LogP) is -1.20. The second-order valence-corrected chi connectivity index (χ2v) is 7.54. The van der Waals surface area contributed by atoms with Crippen LogP contribution < -0.4 is 10.6 Å². The molecule has 0 unspecified atom stereocenters. The minimum Gasteiger partial charge on any atom is -0.481 e. The molecule has 1 fully saturated rings. The fourth-order valence-corrected chi connectivity index (χ4v) is 3.50. The molecule has 1 aliphatic rings. The maximum Gasteiger partial charge on any atom is 0.323 e. The molecule has 33 heavy (non-hydrogen) atoms. The fourth-order valence-electron chi connectivity index (χ4n) is 3.50. The highest BCUT2D eigenvalue weighted by molar-refractivity contribution is 6.00. The molecule has 2 rings (SSSR count). The van der Waals surface area contributed by atoms with Gasteiger partial charge in [0.25, 0.3) is 0 Å². The van der Waals surface area contributed by atoms with Gasteiger partial charge in [-0.05, 0) is 5.56 Å². The topological polar surface area (TPSA) is 173 Å². The number of carbonyl (C=O) groups excluding carboxylic acids is 4. The van der Waals surface area contributed by atoms with Gasteiger partial charge in [0.05, 0.1) is 6.42 Å². The molecule has 1 aromatic carbocycles. The van der Waals surface area contributed by atoms with E-state index in [4.69, 9.17) is 5.11 Å². The monoisotopic (exact) mass is 462 g/mol. The van der Waals surface area contributed by atoms with E-state index in [2.05, 4.69) is 10.6 Å². The Morgan fingerprint density at radius 3 is 2.33 bits per heavy atom. The van der Waals surface area contributed by atoms with Gasteiger partial charge in [-0.15, -0.1) is 0 Å². The second-order valence-electron chi connectivity index (χ2n) is 7.54. The molecule has 178 valence electrons. The Hall–Kier alpha value is -3.96. The van der Waals surface area contributed by atoms with Gasteiger partial charge in [0.2, 0.25) is 23.6 Å². The first-order valence-electron chi connectivity index (χ1n) is 10.2. The van der Waals surface area contributed by atoms with Crippen LogP contribution in [0, 0.1) is 0 Å². The summed E-state index contributed by atoms with van der Waals surface area (Å²) in [6.07, 6.45) is -2.09. The van der Waals surface area contributed by atoms with Crippen LogP contribution in [-0.4, -0.2) is 87.4 Å². The van der Waals surface area contributed by atoms with E-state index < -0.39 is 67.2 Å². The summed E-state index contributed by atoms with van der Waals surface area (Å²) >= 11 is 0. The van der Waals surface area contributed by atoms with Gasteiger partial charge < -0.3 is 30.6 Å². The number of nitrogens with one attached hydrogen (secondary N) is 2. The lowest BCUT2D eigenvalue weighted by atomic mass is 10.1. The van der Waals surface area contributed by atoms with Crippen molar-refractivity contribution in [3.63, 3.8) is 0 Å². The quantitative estimate of drug-likeness (QED) is 0.349. The van der Waals surface area contributed by atoms with E-state index in [1.54, 1.807) is 30.3 Å². The van der Waals surface area contributed by atoms with Crippen LogP contribution in [0.2, 0.25) is 0 Å². The van der Waals surface area contributed by atoms with Gasteiger partial charge in [0.1, 0.15) is 25.2 Å². The maximum absolute atomic E-state index is 13.0. The zero-order valence-electron chi connectivity index (χ0n) is 18.0. The van der Waals surface area contributed by atoms with E-state index in [0.717, 1.165) is 10.5 Å². The van der Waals surface area contributed by atoms with Gasteiger partial charge in [0.15, 0.2) is 0 Å². The van der Waals surface area contributed by atoms with Crippen LogP contribution in [0.15, 0.2) is 30.3 Å². The van der Waals surface area contributed by atoms with Crippen molar-refractivity contribution in [1.82, 2.24) is 20.4 Å². The third-order valence-electron chi connectivity index (χ3n) is 4.91. The zero-order valence-corrected chi connectivity index (χ0v) is 18.0. The molecule has 1 aromatic rings. The van der Waals surface area contributed by atoms with Gasteiger partial charge in [-0.3, -0.25) is 28.8 Å². The van der Waals surface area contributed by atoms with Crippen LogP contribution in [0.3, 0.4) is 0 Å². The Kier molecular flexibility index (Phi) is 8.89. The number of aliphatic carboxylic acids is 2. The Morgan fingerprint density at radius 2 is 1.76 bits per heavy atom. The van der Waals surface area contributed by atoms with E-state index in [1.165, 1.54) is 11.8 Å². The average Bonchev–Trinajstić information content (AvgIpc) is 2.71. The first-order chi connectivity index (χ1) is 15.6. The molecule has 0 saturated carbocycles. The summed E-state index contributed by atoms with van der Waals surface area (Å²) in [5, 5.41) is 23.1. The lowest BCUT2D eigenvalue weighted by Gasteiger charge is -2.36. The molecule has 4 N–H and O–H groups in total. The van der Waals surface area contributed by atoms with Crippen molar-refractivity contribution >= 4 is 35.6 Å². The van der Waals surface area contributed by atoms with Crippen molar-refractivity contribution in [2.75, 3.05) is 19.6 Å². The van der Waals surface area contributed by atoms with Gasteiger partial charge in [-0.1, -0.05) is 30.3 Å². The Morgan fingerprint density at radius 1 is 1.09 bits per heavy atom. The molecule has 0 spiro atoms. The van der Waals surface area contributed by atoms with E-state index in [1.807, 2.05) is 0 Å². The number of nitrogens with zero attached hydrogens (tertiary/aromatic N) is 2. The maximum atomic E-state index is 13.0. The van der Waals surface area contributed by atoms with Crippen molar-refractivity contribution in [2.45, 2.75) is 38.4 Å². The number of carboxylic acids is 2. The molecule has 0 bridgehead atoms. The normalized spacial score (nSPS) is 18.3. The van der Waals surface area contributed by atoms with Crippen LogP contribution in [-0.2, 0) is 35.2 Å². The SMILES string of the molecule is CC(=O)N[C@@H](Cc1ccccc1)N1CCN(CC(=O)O)C(=O)[C@H](CC(=O)O)NC(=O)CC1=O. The third kappa shape index (κ3) is 7.91. The molecule has 1 aliphatic heterocycles. The van der Waals surface area contributed by atoms with Crippen LogP contribution in [0.1, 0.15) is 25.3 Å². The molecule has 0 radical (unpaired) electrons. The van der Waals surface area contributed by atoms with Gasteiger partial charge in [-0.2, -0.15) is 0 Å². The minimum absolute atomic E-state index is 0.178. The fraction of sp³-hybridized carbons (Fsp3) is 0.429. The molecule has 2 atom stereocenters. The van der Waals surface area contributed by atoms with Crippen LogP contribution in [0.25, 0.3) is 0 Å². The van der Waals surface area contributed by atoms with E-state index in [-0.39, 0.29) is 19.5 Å². The summed E-state index contributed by atoms with van der Waals surface area (Å²) in [5.41, 5.74) is 0.797. The van der Waals surface area contributed by atoms with Crippen molar-refractivity contribution in [3.8, 4) is 0 Å². The van der Waals surface area contributed by atoms with E-state index in [9.17, 15) is 33.9 Å². The van der Waals surface area contributed by atoms with Gasteiger partial charge in [0, 0.05) is 26.4 Å². The Labute approximate surface area is 189 Å². The van der Waals surface area contributed by atoms with Gasteiger partial charge >= 0.3 is 11.9 Å². The summed E-state index contributed by atoms with van der Waals surface area (Å²) in [6.45, 7) is 0.0972. The molecule has 4 amide bonds. The average molecular weight is 462 g/mol. The van der Waals surface area contributed by atoms with E-state index in [0.29, 0.717) is 0 Å². The molecule has 0 aromatic heterocycles. The van der Waals surface area contributed by atoms with Crippen molar-refractivity contribution in [3.05, 3.63) is 35.9 Å². The highest BCUT2D eigenvalue weighted by atomic mass is 16.4. The van der Waals surface area contributed by atoms with Crippen molar-refractivity contribution in [2.24, 2.45) is 0 Å². The largest absolute Gasteiger partial charge is 0.481 e. The Bertz CT molecular complexity index is 920. The standard InChI is InChI=1S/C21H26N4O8/c1-13(26)22-16(9-14-5-3-2-4-6-14)25-8-7-24(12-20(31)32)21(33)15(10-19(29)30)23-17(27)11-18(25)28/h2-6,15-16H,7-12H2,1H3,(H,22,26)(H,23,27)(H,29,30)(H,31,32)/t15-,16+/m0/s1. The molecule has 12 nitrogen and oxygen atoms in total. The number of rotatable bonds is 8. The van der Waals surface area contributed by atoms with Crippen LogP contribution in [0.4, 0.5) is 0 Å². The molecule has 0 aliphatic carbocycles. The summed E-state index contributed by atoms with van der Waals surface area (Å²) in [7, 11) is 0. The summed E-state index contributed by atoms with van der Waals surface area (Å²) < 4.78 is 0. The zero-order chi connectivity index (χ0) is 24.5. The lowest BCUT2D eigenvalue weighted by Crippen LogP contribution is -2.58. The second kappa shape index (κ2) is 11.6. The summed E-state index contributed by atoms with van der Waals surface area (Å²) in [5.74, 6) is -5.58. The molecular formula is C21H26N4O8. The summed E-state index contributed by atoms with van der Waals surface area (Å²) in [4.78, 5) is 74.5. The van der Waals surface area contributed by atoms with Gasteiger partial charge in [-0.25, -0.2) is 0 Å². The Balaban J connectivity index is 2.36. The highest BCUT2D eigenvalue weighted by Crippen LogP contribution is 2.12. The van der Waals surface area contributed by atoms with E-state index >= 15 is 0 Å². The number of amides is 4. The number of hydrogen-bond donors (Lipinski definition) is 4. The molecular weight excluding hydrogens is 436 g/mol. The molecule has 1 saturated heterocycles. The first-order valence-corrected chi connectivity index (χ1v) is 10.2. The summed E-state index contributed by atoms with van der Waals surface area (Å²) in [6, 6.07) is 7.46. The highest BCUT2D eigenvalue weighted by Gasteiger charge is 2.34. The lowest BCUT2D eigenvalue weighted by molar-refractivity contribution is -0.149. The minimum atomic E-state index is -1.51. The number of carbonyl (C=O) groups is 6. The first kappa shape index (κ1) is 25.3. The number of hydrogen-bond acceptors (Lipinski definition) is 6. The van der Waals surface area contributed by atoms with Crippen LogP contribution >= 0.6 is 0 Å². The number of carboxylic acid groups (broad SMARTS) is 2. The predicted molar refractivity (Wildman–Crippen MR) is 112 cm³/mol. The van der Waals surface area contributed by atoms with Crippen molar-refractivity contribution < 1.29 is 39.0 Å². The molecule has 12 heteroatoms. The number of benzene rings is 1. The van der Waals surface area contributed by atoms with Crippen LogP contribution in [0.5, 0.6) is 0 Å². The molecule has 1 heterocycles. The smallest absolute Gasteiger partial charge is 0.323 e.